The Bertz CT molecular complexity index is 882. The van der Waals surface area contributed by atoms with Crippen LogP contribution in [0.25, 0.3) is 0 Å². The van der Waals surface area contributed by atoms with Crippen molar-refractivity contribution >= 4 is 28.3 Å². The number of thiazole rings is 1. The van der Waals surface area contributed by atoms with Crippen molar-refractivity contribution in [1.82, 2.24) is 9.88 Å². The Morgan fingerprint density at radius 1 is 1.33 bits per heavy atom. The summed E-state index contributed by atoms with van der Waals surface area (Å²) in [6.45, 7) is 0.787. The van der Waals surface area contributed by atoms with Crippen molar-refractivity contribution < 1.29 is 18.4 Å². The molecule has 0 spiro atoms. The molecule has 0 N–H and O–H groups in total. The average Bonchev–Trinajstić information content (AvgIpc) is 3.21. The third-order valence-corrected chi connectivity index (χ3v) is 5.75. The van der Waals surface area contributed by atoms with Crippen LogP contribution < -0.4 is 4.90 Å². The molecule has 0 bridgehead atoms. The third-order valence-electron chi connectivity index (χ3n) is 4.84. The van der Waals surface area contributed by atoms with Gasteiger partial charge in [0.2, 0.25) is 11.8 Å². The summed E-state index contributed by atoms with van der Waals surface area (Å²) in [5.41, 5.74) is 0.920. The van der Waals surface area contributed by atoms with Crippen molar-refractivity contribution in [3.8, 4) is 0 Å². The molecule has 2 heterocycles. The predicted octanol–water partition coefficient (Wildman–Crippen LogP) is 3.28. The van der Waals surface area contributed by atoms with E-state index in [0.29, 0.717) is 29.4 Å². The molecule has 1 aliphatic carbocycles. The Morgan fingerprint density at radius 3 is 2.81 bits per heavy atom. The van der Waals surface area contributed by atoms with Crippen molar-refractivity contribution in [3.63, 3.8) is 0 Å². The molecule has 2 amide bonds. The van der Waals surface area contributed by atoms with Gasteiger partial charge in [-0.05, 0) is 25.3 Å². The maximum atomic E-state index is 14.0. The highest BCUT2D eigenvalue weighted by Crippen LogP contribution is 2.30. The van der Waals surface area contributed by atoms with E-state index in [1.807, 2.05) is 0 Å². The monoisotopic (exact) mass is 391 g/mol. The first kappa shape index (κ1) is 18.0. The summed E-state index contributed by atoms with van der Waals surface area (Å²) in [6.07, 6.45) is 3.24. The number of amides is 2. The molecule has 0 radical (unpaired) electrons. The molecular weight excluding hydrogens is 372 g/mol. The normalized spacial score (nSPS) is 16.8. The number of anilines is 1. The zero-order chi connectivity index (χ0) is 19.0. The standard InChI is InChI=1S/C19H19F2N3O2S/c20-13-4-3-12(16(21)8-13)10-24(15-5-6-15)18(26)9-14-11-27-19(22-14)23-7-1-2-17(23)25/h3-4,8,11,15H,1-2,5-7,9-10H2. The minimum atomic E-state index is -0.642. The maximum Gasteiger partial charge on any atom is 0.229 e. The molecule has 1 saturated carbocycles. The molecule has 1 aromatic carbocycles. The molecule has 2 aromatic rings. The predicted molar refractivity (Wildman–Crippen MR) is 97.3 cm³/mol. The molecule has 142 valence electrons. The summed E-state index contributed by atoms with van der Waals surface area (Å²) >= 11 is 1.36. The van der Waals surface area contributed by atoms with E-state index in [2.05, 4.69) is 4.98 Å². The second kappa shape index (κ2) is 7.34. The van der Waals surface area contributed by atoms with Gasteiger partial charge < -0.3 is 4.90 Å². The molecule has 27 heavy (non-hydrogen) atoms. The second-order valence-corrected chi connectivity index (χ2v) is 7.77. The minimum Gasteiger partial charge on any atom is -0.335 e. The molecule has 4 rings (SSSR count). The summed E-state index contributed by atoms with van der Waals surface area (Å²) < 4.78 is 27.1. The highest BCUT2D eigenvalue weighted by molar-refractivity contribution is 7.14. The smallest absolute Gasteiger partial charge is 0.229 e. The molecule has 2 fully saturated rings. The van der Waals surface area contributed by atoms with Crippen molar-refractivity contribution in [2.24, 2.45) is 0 Å². The number of carbonyl (C=O) groups is 2. The summed E-state index contributed by atoms with van der Waals surface area (Å²) in [5.74, 6) is -1.34. The van der Waals surface area contributed by atoms with E-state index in [1.54, 1.807) is 15.2 Å². The van der Waals surface area contributed by atoms with Gasteiger partial charge in [0.05, 0.1) is 12.1 Å². The molecular formula is C19H19F2N3O2S. The first-order valence-electron chi connectivity index (χ1n) is 8.99. The van der Waals surface area contributed by atoms with Crippen molar-refractivity contribution in [3.05, 3.63) is 46.5 Å². The van der Waals surface area contributed by atoms with E-state index >= 15 is 0 Å². The molecule has 1 aromatic heterocycles. The number of hydrogen-bond acceptors (Lipinski definition) is 4. The molecule has 5 nitrogen and oxygen atoms in total. The van der Waals surface area contributed by atoms with E-state index in [-0.39, 0.29) is 30.8 Å². The Kier molecular flexibility index (Phi) is 4.90. The van der Waals surface area contributed by atoms with Gasteiger partial charge in [-0.15, -0.1) is 11.3 Å². The fraction of sp³-hybridized carbons (Fsp3) is 0.421. The number of hydrogen-bond donors (Lipinski definition) is 0. The van der Waals surface area contributed by atoms with Gasteiger partial charge in [0.25, 0.3) is 0 Å². The third kappa shape index (κ3) is 4.00. The Balaban J connectivity index is 1.45. The van der Waals surface area contributed by atoms with E-state index < -0.39 is 11.6 Å². The Morgan fingerprint density at radius 2 is 2.15 bits per heavy atom. The quantitative estimate of drug-likeness (QED) is 0.759. The fourth-order valence-corrected chi connectivity index (χ4v) is 4.12. The van der Waals surface area contributed by atoms with Crippen LogP contribution in [0, 0.1) is 11.6 Å². The highest BCUT2D eigenvalue weighted by atomic mass is 32.1. The fourth-order valence-electron chi connectivity index (χ4n) is 3.25. The molecule has 0 unspecified atom stereocenters. The van der Waals surface area contributed by atoms with Crippen molar-refractivity contribution in [2.75, 3.05) is 11.4 Å². The van der Waals surface area contributed by atoms with Crippen LogP contribution in [0.4, 0.5) is 13.9 Å². The first-order chi connectivity index (χ1) is 13.0. The lowest BCUT2D eigenvalue weighted by Crippen LogP contribution is -2.34. The van der Waals surface area contributed by atoms with Gasteiger partial charge >= 0.3 is 0 Å². The summed E-state index contributed by atoms with van der Waals surface area (Å²) in [6, 6.07) is 3.52. The van der Waals surface area contributed by atoms with Gasteiger partial charge in [-0.3, -0.25) is 14.5 Å². The van der Waals surface area contributed by atoms with Gasteiger partial charge in [0.15, 0.2) is 5.13 Å². The van der Waals surface area contributed by atoms with Gasteiger partial charge in [0, 0.05) is 42.6 Å². The molecule has 0 atom stereocenters. The minimum absolute atomic E-state index is 0.0635. The van der Waals surface area contributed by atoms with Crippen LogP contribution in [0.2, 0.25) is 0 Å². The summed E-state index contributed by atoms with van der Waals surface area (Å²) in [4.78, 5) is 32.4. The zero-order valence-corrected chi connectivity index (χ0v) is 15.5. The van der Waals surface area contributed by atoms with Crippen LogP contribution in [-0.2, 0) is 22.6 Å². The van der Waals surface area contributed by atoms with Crippen molar-refractivity contribution in [2.45, 2.75) is 44.7 Å². The van der Waals surface area contributed by atoms with Gasteiger partial charge in [0.1, 0.15) is 11.6 Å². The Hall–Kier alpha value is -2.35. The van der Waals surface area contributed by atoms with E-state index in [0.717, 1.165) is 25.3 Å². The largest absolute Gasteiger partial charge is 0.335 e. The van der Waals surface area contributed by atoms with Crippen LogP contribution in [0.3, 0.4) is 0 Å². The molecule has 8 heteroatoms. The number of rotatable bonds is 6. The van der Waals surface area contributed by atoms with Crippen molar-refractivity contribution in [1.29, 1.82) is 0 Å². The molecule has 1 saturated heterocycles. The van der Waals surface area contributed by atoms with Gasteiger partial charge in [-0.1, -0.05) is 6.07 Å². The van der Waals surface area contributed by atoms with E-state index in [4.69, 9.17) is 0 Å². The van der Waals surface area contributed by atoms with Gasteiger partial charge in [-0.2, -0.15) is 0 Å². The van der Waals surface area contributed by atoms with Crippen LogP contribution in [0.15, 0.2) is 23.6 Å². The van der Waals surface area contributed by atoms with E-state index in [9.17, 15) is 18.4 Å². The lowest BCUT2D eigenvalue weighted by molar-refractivity contribution is -0.131. The molecule has 1 aliphatic heterocycles. The first-order valence-corrected chi connectivity index (χ1v) is 9.87. The number of aromatic nitrogens is 1. The number of halogens is 2. The van der Waals surface area contributed by atoms with Crippen LogP contribution in [0.1, 0.15) is 36.9 Å². The Labute approximate surface area is 159 Å². The maximum absolute atomic E-state index is 14.0. The number of benzene rings is 1. The lowest BCUT2D eigenvalue weighted by atomic mass is 10.1. The average molecular weight is 391 g/mol. The SMILES string of the molecule is O=C1CCCN1c1nc(CC(=O)N(Cc2ccc(F)cc2F)C2CC2)cs1. The zero-order valence-electron chi connectivity index (χ0n) is 14.7. The second-order valence-electron chi connectivity index (χ2n) is 6.94. The summed E-state index contributed by atoms with van der Waals surface area (Å²) in [7, 11) is 0. The molecule has 2 aliphatic rings. The summed E-state index contributed by atoms with van der Waals surface area (Å²) in [5, 5.41) is 2.42. The topological polar surface area (TPSA) is 53.5 Å². The lowest BCUT2D eigenvalue weighted by Gasteiger charge is -2.22. The highest BCUT2D eigenvalue weighted by Gasteiger charge is 2.33. The van der Waals surface area contributed by atoms with Crippen LogP contribution in [-0.4, -0.2) is 34.3 Å². The van der Waals surface area contributed by atoms with Crippen LogP contribution >= 0.6 is 11.3 Å². The number of nitrogens with zero attached hydrogens (tertiary/aromatic N) is 3. The van der Waals surface area contributed by atoms with Crippen LogP contribution in [0.5, 0.6) is 0 Å². The number of carbonyl (C=O) groups excluding carboxylic acids is 2. The van der Waals surface area contributed by atoms with Gasteiger partial charge in [-0.25, -0.2) is 13.8 Å². The van der Waals surface area contributed by atoms with E-state index in [1.165, 1.54) is 23.5 Å².